The lowest BCUT2D eigenvalue weighted by Crippen LogP contribution is -2.55. The SMILES string of the molecule is O=C(O)CC1C(=O)NCCN1Cc1nnnn1C1CC1. The van der Waals surface area contributed by atoms with Crippen molar-refractivity contribution >= 4 is 11.9 Å². The van der Waals surface area contributed by atoms with E-state index in [0.717, 1.165) is 12.8 Å². The molecule has 108 valence electrons. The molecule has 0 spiro atoms. The van der Waals surface area contributed by atoms with Gasteiger partial charge in [-0.3, -0.25) is 14.5 Å². The summed E-state index contributed by atoms with van der Waals surface area (Å²) in [6.07, 6.45) is 1.92. The van der Waals surface area contributed by atoms with Crippen molar-refractivity contribution in [3.63, 3.8) is 0 Å². The van der Waals surface area contributed by atoms with Gasteiger partial charge < -0.3 is 10.4 Å². The van der Waals surface area contributed by atoms with Crippen LogP contribution >= 0.6 is 0 Å². The predicted molar refractivity (Wildman–Crippen MR) is 65.5 cm³/mol. The fourth-order valence-electron chi connectivity index (χ4n) is 2.44. The largest absolute Gasteiger partial charge is 0.481 e. The molecular formula is C11H16N6O3. The van der Waals surface area contributed by atoms with Crippen LogP contribution in [0.4, 0.5) is 0 Å². The van der Waals surface area contributed by atoms with Gasteiger partial charge in [0, 0.05) is 13.1 Å². The molecular weight excluding hydrogens is 264 g/mol. The van der Waals surface area contributed by atoms with Crippen LogP contribution in [0.2, 0.25) is 0 Å². The van der Waals surface area contributed by atoms with Crippen LogP contribution in [-0.4, -0.2) is 61.2 Å². The van der Waals surface area contributed by atoms with E-state index >= 15 is 0 Å². The topological polar surface area (TPSA) is 113 Å². The Morgan fingerprint density at radius 1 is 1.45 bits per heavy atom. The third-order valence-corrected chi connectivity index (χ3v) is 3.61. The van der Waals surface area contributed by atoms with Gasteiger partial charge in [0.25, 0.3) is 0 Å². The lowest BCUT2D eigenvalue weighted by atomic mass is 10.1. The van der Waals surface area contributed by atoms with E-state index in [9.17, 15) is 9.59 Å². The second kappa shape index (κ2) is 5.16. The molecule has 1 saturated heterocycles. The predicted octanol–water partition coefficient (Wildman–Crippen LogP) is -1.22. The highest BCUT2D eigenvalue weighted by Gasteiger charge is 2.34. The number of carbonyl (C=O) groups is 2. The van der Waals surface area contributed by atoms with Crippen molar-refractivity contribution in [3.8, 4) is 0 Å². The Labute approximate surface area is 114 Å². The molecule has 9 nitrogen and oxygen atoms in total. The average Bonchev–Trinajstić information content (AvgIpc) is 3.14. The molecule has 3 rings (SSSR count). The highest BCUT2D eigenvalue weighted by atomic mass is 16.4. The minimum absolute atomic E-state index is 0.211. The molecule has 1 aliphatic heterocycles. The number of carbonyl (C=O) groups excluding carboxylic acids is 1. The number of amides is 1. The summed E-state index contributed by atoms with van der Waals surface area (Å²) in [5, 5.41) is 23.2. The molecule has 2 heterocycles. The van der Waals surface area contributed by atoms with Gasteiger partial charge >= 0.3 is 5.97 Å². The molecule has 0 aromatic carbocycles. The van der Waals surface area contributed by atoms with Gasteiger partial charge in [0.1, 0.15) is 6.04 Å². The standard InChI is InChI=1S/C11H16N6O3/c18-10(19)5-8-11(20)12-3-4-16(8)6-9-13-14-15-17(9)7-1-2-7/h7-8H,1-6H2,(H,12,20)(H,18,19). The number of carboxylic acids is 1. The van der Waals surface area contributed by atoms with E-state index in [0.29, 0.717) is 31.5 Å². The Balaban J connectivity index is 1.74. The highest BCUT2D eigenvalue weighted by molar-refractivity contribution is 5.86. The molecule has 1 unspecified atom stereocenters. The maximum absolute atomic E-state index is 11.8. The Bertz CT molecular complexity index is 526. The summed E-state index contributed by atoms with van der Waals surface area (Å²) in [4.78, 5) is 24.6. The van der Waals surface area contributed by atoms with E-state index in [1.165, 1.54) is 0 Å². The first kappa shape index (κ1) is 13.0. The molecule has 20 heavy (non-hydrogen) atoms. The van der Waals surface area contributed by atoms with Crippen LogP contribution in [0.1, 0.15) is 31.1 Å². The second-order valence-electron chi connectivity index (χ2n) is 5.15. The summed E-state index contributed by atoms with van der Waals surface area (Å²) in [6, 6.07) is -0.304. The van der Waals surface area contributed by atoms with Gasteiger partial charge in [-0.1, -0.05) is 0 Å². The molecule has 1 atom stereocenters. The first-order valence-electron chi connectivity index (χ1n) is 6.65. The summed E-state index contributed by atoms with van der Waals surface area (Å²) in [5.74, 6) is -0.541. The lowest BCUT2D eigenvalue weighted by molar-refractivity contribution is -0.143. The fourth-order valence-corrected chi connectivity index (χ4v) is 2.44. The Morgan fingerprint density at radius 2 is 2.25 bits per heavy atom. The molecule has 9 heteroatoms. The number of hydrogen-bond acceptors (Lipinski definition) is 6. The van der Waals surface area contributed by atoms with Crippen molar-refractivity contribution < 1.29 is 14.7 Å². The third-order valence-electron chi connectivity index (χ3n) is 3.61. The molecule has 2 N–H and O–H groups in total. The maximum atomic E-state index is 11.8. The summed E-state index contributed by atoms with van der Waals surface area (Å²) < 4.78 is 1.78. The Kier molecular flexibility index (Phi) is 3.35. The number of nitrogens with zero attached hydrogens (tertiary/aromatic N) is 5. The van der Waals surface area contributed by atoms with Crippen LogP contribution in [0.15, 0.2) is 0 Å². The van der Waals surface area contributed by atoms with Crippen molar-refractivity contribution in [2.45, 2.75) is 37.9 Å². The first-order valence-corrected chi connectivity index (χ1v) is 6.65. The van der Waals surface area contributed by atoms with Crippen LogP contribution < -0.4 is 5.32 Å². The van der Waals surface area contributed by atoms with Crippen molar-refractivity contribution in [1.29, 1.82) is 0 Å². The zero-order chi connectivity index (χ0) is 14.1. The number of aliphatic carboxylic acids is 1. The molecule has 1 aliphatic carbocycles. The quantitative estimate of drug-likeness (QED) is 0.695. The minimum atomic E-state index is -0.987. The molecule has 1 aromatic rings. The van der Waals surface area contributed by atoms with E-state index in [2.05, 4.69) is 20.8 Å². The van der Waals surface area contributed by atoms with Crippen molar-refractivity contribution in [2.75, 3.05) is 13.1 Å². The van der Waals surface area contributed by atoms with Crippen molar-refractivity contribution in [2.24, 2.45) is 0 Å². The molecule has 2 aliphatic rings. The van der Waals surface area contributed by atoms with Crippen LogP contribution in [0.25, 0.3) is 0 Å². The van der Waals surface area contributed by atoms with Gasteiger partial charge in [-0.25, -0.2) is 4.68 Å². The van der Waals surface area contributed by atoms with E-state index in [-0.39, 0.29) is 12.3 Å². The van der Waals surface area contributed by atoms with Crippen LogP contribution in [0, 0.1) is 0 Å². The highest BCUT2D eigenvalue weighted by Crippen LogP contribution is 2.34. The first-order chi connectivity index (χ1) is 9.65. The van der Waals surface area contributed by atoms with Crippen molar-refractivity contribution in [1.82, 2.24) is 30.4 Å². The third kappa shape index (κ3) is 2.62. The Morgan fingerprint density at radius 3 is 2.95 bits per heavy atom. The maximum Gasteiger partial charge on any atom is 0.305 e. The van der Waals surface area contributed by atoms with Gasteiger partial charge in [-0.05, 0) is 23.3 Å². The zero-order valence-electron chi connectivity index (χ0n) is 10.9. The molecule has 0 bridgehead atoms. The molecule has 2 fully saturated rings. The smallest absolute Gasteiger partial charge is 0.305 e. The van der Waals surface area contributed by atoms with E-state index < -0.39 is 12.0 Å². The molecule has 1 amide bonds. The van der Waals surface area contributed by atoms with E-state index in [1.54, 1.807) is 4.68 Å². The summed E-state index contributed by atoms with van der Waals surface area (Å²) in [7, 11) is 0. The molecule has 0 radical (unpaired) electrons. The normalized spacial score (nSPS) is 23.6. The molecule has 1 aromatic heterocycles. The monoisotopic (exact) mass is 280 g/mol. The second-order valence-corrected chi connectivity index (χ2v) is 5.15. The van der Waals surface area contributed by atoms with Crippen molar-refractivity contribution in [3.05, 3.63) is 5.82 Å². The molecule has 1 saturated carbocycles. The number of tetrazole rings is 1. The minimum Gasteiger partial charge on any atom is -0.481 e. The Hall–Kier alpha value is -2.03. The van der Waals surface area contributed by atoms with Crippen LogP contribution in [0.3, 0.4) is 0 Å². The van der Waals surface area contributed by atoms with E-state index in [1.807, 2.05) is 4.90 Å². The summed E-state index contributed by atoms with van der Waals surface area (Å²) >= 11 is 0. The van der Waals surface area contributed by atoms with Crippen LogP contribution in [0.5, 0.6) is 0 Å². The average molecular weight is 280 g/mol. The van der Waals surface area contributed by atoms with Crippen LogP contribution in [-0.2, 0) is 16.1 Å². The van der Waals surface area contributed by atoms with Gasteiger partial charge in [0.15, 0.2) is 5.82 Å². The number of hydrogen-bond donors (Lipinski definition) is 2. The summed E-state index contributed by atoms with van der Waals surface area (Å²) in [5.41, 5.74) is 0. The van der Waals surface area contributed by atoms with Gasteiger partial charge in [0.2, 0.25) is 5.91 Å². The number of piperazine rings is 1. The fraction of sp³-hybridized carbons (Fsp3) is 0.727. The zero-order valence-corrected chi connectivity index (χ0v) is 10.9. The lowest BCUT2D eigenvalue weighted by Gasteiger charge is -2.33. The number of nitrogens with one attached hydrogen (secondary N) is 1. The number of rotatable bonds is 5. The summed E-state index contributed by atoms with van der Waals surface area (Å²) in [6.45, 7) is 1.51. The number of aromatic nitrogens is 4. The van der Waals surface area contributed by atoms with Gasteiger partial charge in [-0.15, -0.1) is 5.10 Å². The van der Waals surface area contributed by atoms with Gasteiger partial charge in [-0.2, -0.15) is 0 Å². The van der Waals surface area contributed by atoms with Gasteiger partial charge in [0.05, 0.1) is 19.0 Å². The van der Waals surface area contributed by atoms with E-state index in [4.69, 9.17) is 5.11 Å². The number of carboxylic acid groups (broad SMARTS) is 1.